The van der Waals surface area contributed by atoms with Gasteiger partial charge in [-0.25, -0.2) is 14.4 Å². The number of primary amides is 1. The first-order valence-corrected chi connectivity index (χ1v) is 9.89. The first-order valence-electron chi connectivity index (χ1n) is 9.89. The van der Waals surface area contributed by atoms with Crippen LogP contribution in [0, 0.1) is 5.82 Å². The normalized spacial score (nSPS) is 13.7. The van der Waals surface area contributed by atoms with Gasteiger partial charge in [-0.15, -0.1) is 0 Å². The van der Waals surface area contributed by atoms with Gasteiger partial charge in [0.15, 0.2) is 11.6 Å². The maximum atomic E-state index is 13.6. The monoisotopic (exact) mass is 431 g/mol. The second-order valence-corrected chi connectivity index (χ2v) is 7.43. The summed E-state index contributed by atoms with van der Waals surface area (Å²) in [5.74, 6) is -1.37. The van der Waals surface area contributed by atoms with Crippen molar-refractivity contribution in [3.05, 3.63) is 66.2 Å². The molecular formula is C23H18FN5O3. The molecule has 1 aliphatic rings. The van der Waals surface area contributed by atoms with Crippen LogP contribution in [-0.4, -0.2) is 45.2 Å². The van der Waals surface area contributed by atoms with Gasteiger partial charge in [-0.2, -0.15) is 0 Å². The summed E-state index contributed by atoms with van der Waals surface area (Å²) in [7, 11) is 0. The molecular weight excluding hydrogens is 413 g/mol. The van der Waals surface area contributed by atoms with E-state index >= 15 is 0 Å². The molecule has 160 valence electrons. The molecule has 1 aliphatic heterocycles. The number of nitrogens with zero attached hydrogens (tertiary/aromatic N) is 3. The zero-order chi connectivity index (χ0) is 22.2. The number of anilines is 1. The molecule has 0 unspecified atom stereocenters. The Labute approximate surface area is 181 Å². The topological polar surface area (TPSA) is 123 Å². The molecule has 0 spiro atoms. The number of nitrogens with one attached hydrogen (secondary N) is 1. The predicted octanol–water partition coefficient (Wildman–Crippen LogP) is 3.11. The summed E-state index contributed by atoms with van der Waals surface area (Å²) in [5.41, 5.74) is 8.56. The van der Waals surface area contributed by atoms with Crippen LogP contribution < -0.4 is 11.1 Å². The van der Waals surface area contributed by atoms with Crippen molar-refractivity contribution in [2.75, 3.05) is 18.5 Å². The number of pyridine rings is 1. The Morgan fingerprint density at radius 1 is 1.12 bits per heavy atom. The van der Waals surface area contributed by atoms with E-state index in [2.05, 4.69) is 20.3 Å². The fourth-order valence-corrected chi connectivity index (χ4v) is 3.60. The summed E-state index contributed by atoms with van der Waals surface area (Å²) < 4.78 is 18.8. The Hall–Kier alpha value is -4.11. The van der Waals surface area contributed by atoms with E-state index in [9.17, 15) is 14.3 Å². The Bertz CT molecular complexity index is 1360. The van der Waals surface area contributed by atoms with Crippen molar-refractivity contribution < 1.29 is 19.0 Å². The zero-order valence-electron chi connectivity index (χ0n) is 16.7. The lowest BCUT2D eigenvalue weighted by molar-refractivity contribution is 0.0208. The van der Waals surface area contributed by atoms with Crippen LogP contribution in [0.1, 0.15) is 10.4 Å². The number of ether oxygens (including phenoxy) is 1. The number of amides is 1. The number of phenolic OH excluding ortho intramolecular Hbond substituents is 1. The highest BCUT2D eigenvalue weighted by Crippen LogP contribution is 2.35. The van der Waals surface area contributed by atoms with E-state index in [1.807, 2.05) is 0 Å². The maximum Gasteiger partial charge on any atom is 0.249 e. The molecule has 0 atom stereocenters. The van der Waals surface area contributed by atoms with Crippen molar-refractivity contribution in [3.8, 4) is 28.1 Å². The third-order valence-corrected chi connectivity index (χ3v) is 5.30. The van der Waals surface area contributed by atoms with Gasteiger partial charge in [0, 0.05) is 34.5 Å². The summed E-state index contributed by atoms with van der Waals surface area (Å²) in [5, 5.41) is 13.7. The third kappa shape index (κ3) is 3.48. The van der Waals surface area contributed by atoms with E-state index in [-0.39, 0.29) is 6.04 Å². The molecule has 4 N–H and O–H groups in total. The van der Waals surface area contributed by atoms with E-state index in [4.69, 9.17) is 10.5 Å². The predicted molar refractivity (Wildman–Crippen MR) is 117 cm³/mol. The molecule has 32 heavy (non-hydrogen) atoms. The van der Waals surface area contributed by atoms with Crippen LogP contribution in [0.15, 0.2) is 54.9 Å². The molecule has 8 nitrogen and oxygen atoms in total. The number of rotatable bonds is 5. The molecule has 5 rings (SSSR count). The van der Waals surface area contributed by atoms with E-state index < -0.39 is 17.5 Å². The van der Waals surface area contributed by atoms with Crippen LogP contribution in [0.25, 0.3) is 33.3 Å². The number of carbonyl (C=O) groups excluding carboxylic acids is 1. The van der Waals surface area contributed by atoms with Gasteiger partial charge in [-0.3, -0.25) is 9.78 Å². The third-order valence-electron chi connectivity index (χ3n) is 5.30. The minimum atomic E-state index is -0.722. The molecule has 2 aromatic carbocycles. The lowest BCUT2D eigenvalue weighted by Crippen LogP contribution is -2.40. The van der Waals surface area contributed by atoms with Crippen molar-refractivity contribution in [1.82, 2.24) is 15.0 Å². The van der Waals surface area contributed by atoms with E-state index in [0.717, 1.165) is 0 Å². The molecule has 0 bridgehead atoms. The minimum absolute atomic E-state index is 0.114. The number of nitrogens with two attached hydrogens (primary N) is 1. The molecule has 2 aromatic heterocycles. The van der Waals surface area contributed by atoms with Gasteiger partial charge in [0.25, 0.3) is 0 Å². The molecule has 1 fully saturated rings. The summed E-state index contributed by atoms with van der Waals surface area (Å²) in [6, 6.07) is 11.0. The number of aromatic hydroxyl groups is 1. The largest absolute Gasteiger partial charge is 0.505 e. The fraction of sp³-hybridized carbons (Fsp3) is 0.130. The van der Waals surface area contributed by atoms with Crippen molar-refractivity contribution in [1.29, 1.82) is 0 Å². The highest BCUT2D eigenvalue weighted by atomic mass is 19.1. The van der Waals surface area contributed by atoms with Gasteiger partial charge in [-0.05, 0) is 23.8 Å². The van der Waals surface area contributed by atoms with E-state index in [1.165, 1.54) is 18.2 Å². The lowest BCUT2D eigenvalue weighted by Gasteiger charge is -2.26. The fourth-order valence-electron chi connectivity index (χ4n) is 3.60. The molecule has 0 aliphatic carbocycles. The Balaban J connectivity index is 1.74. The van der Waals surface area contributed by atoms with Gasteiger partial charge >= 0.3 is 0 Å². The number of fused-ring (bicyclic) bond motifs is 1. The lowest BCUT2D eigenvalue weighted by atomic mass is 9.98. The number of hydrogen-bond acceptors (Lipinski definition) is 7. The van der Waals surface area contributed by atoms with Crippen LogP contribution in [0.2, 0.25) is 0 Å². The van der Waals surface area contributed by atoms with E-state index in [0.29, 0.717) is 58.0 Å². The molecule has 9 heteroatoms. The SMILES string of the molecule is NC(=O)c1ccccc1-c1ncc(-c2ccc(F)c(O)c2)c2nc(NC3COC3)ncc12. The quantitative estimate of drug-likeness (QED) is 0.444. The molecule has 0 radical (unpaired) electrons. The second-order valence-electron chi connectivity index (χ2n) is 7.43. The molecule has 4 aromatic rings. The van der Waals surface area contributed by atoms with Crippen LogP contribution >= 0.6 is 0 Å². The molecule has 3 heterocycles. The highest BCUT2D eigenvalue weighted by Gasteiger charge is 2.21. The zero-order valence-corrected chi connectivity index (χ0v) is 16.7. The first-order chi connectivity index (χ1) is 15.5. The van der Waals surface area contributed by atoms with Gasteiger partial charge in [0.05, 0.1) is 30.5 Å². The number of aromatic nitrogens is 3. The Morgan fingerprint density at radius 2 is 1.94 bits per heavy atom. The Morgan fingerprint density at radius 3 is 2.66 bits per heavy atom. The summed E-state index contributed by atoms with van der Waals surface area (Å²) in [6.45, 7) is 1.13. The number of carbonyl (C=O) groups is 1. The molecule has 0 saturated carbocycles. The van der Waals surface area contributed by atoms with Gasteiger partial charge in [0.1, 0.15) is 0 Å². The van der Waals surface area contributed by atoms with Crippen molar-refractivity contribution in [3.63, 3.8) is 0 Å². The smallest absolute Gasteiger partial charge is 0.249 e. The van der Waals surface area contributed by atoms with Gasteiger partial charge in [0.2, 0.25) is 11.9 Å². The average molecular weight is 431 g/mol. The van der Waals surface area contributed by atoms with Gasteiger partial charge in [-0.1, -0.05) is 24.3 Å². The number of benzene rings is 2. The van der Waals surface area contributed by atoms with Crippen molar-refractivity contribution in [2.45, 2.75) is 6.04 Å². The van der Waals surface area contributed by atoms with Crippen molar-refractivity contribution in [2.24, 2.45) is 5.73 Å². The van der Waals surface area contributed by atoms with Crippen molar-refractivity contribution >= 4 is 22.8 Å². The molecule has 1 amide bonds. The van der Waals surface area contributed by atoms with Crippen LogP contribution in [-0.2, 0) is 4.74 Å². The summed E-state index contributed by atoms with van der Waals surface area (Å²) in [4.78, 5) is 25.6. The first kappa shape index (κ1) is 19.8. The molecule has 1 saturated heterocycles. The standard InChI is InChI=1S/C23H18FN5O3/c24-18-6-5-12(7-19(18)30)16-8-26-20(14-3-1-2-4-15(14)22(25)31)17-9-27-23(29-21(16)17)28-13-10-32-11-13/h1-9,13,30H,10-11H2,(H2,25,31)(H,27,28,29). The van der Waals surface area contributed by atoms with Crippen LogP contribution in [0.5, 0.6) is 5.75 Å². The summed E-state index contributed by atoms with van der Waals surface area (Å²) in [6.07, 6.45) is 3.20. The average Bonchev–Trinajstić information content (AvgIpc) is 2.77. The maximum absolute atomic E-state index is 13.6. The van der Waals surface area contributed by atoms with E-state index in [1.54, 1.807) is 36.7 Å². The van der Waals surface area contributed by atoms with Gasteiger partial charge < -0.3 is 20.9 Å². The minimum Gasteiger partial charge on any atom is -0.505 e. The van der Waals surface area contributed by atoms with Crippen LogP contribution in [0.3, 0.4) is 0 Å². The number of halogens is 1. The number of hydrogen-bond donors (Lipinski definition) is 3. The Kier molecular flexibility index (Phi) is 4.87. The summed E-state index contributed by atoms with van der Waals surface area (Å²) >= 11 is 0. The van der Waals surface area contributed by atoms with Crippen LogP contribution in [0.4, 0.5) is 10.3 Å². The second kappa shape index (κ2) is 7.86. The highest BCUT2D eigenvalue weighted by molar-refractivity contribution is 6.06. The number of phenols is 1.